The molecule has 1 atom stereocenters. The summed E-state index contributed by atoms with van der Waals surface area (Å²) in [5.41, 5.74) is 2.05. The van der Waals surface area contributed by atoms with Crippen LogP contribution < -0.4 is 10.1 Å². The van der Waals surface area contributed by atoms with Gasteiger partial charge in [-0.15, -0.1) is 24.8 Å². The Balaban J connectivity index is 0.00000338. The SMILES string of the molecule is CCCCCN(CCNc1cc(OC)cc2cccnc12)C(C)CC.Cl.Cl. The van der Waals surface area contributed by atoms with E-state index in [1.54, 1.807) is 7.11 Å². The molecule has 1 N–H and O–H groups in total. The van der Waals surface area contributed by atoms with Crippen LogP contribution in [0.2, 0.25) is 0 Å². The van der Waals surface area contributed by atoms with Gasteiger partial charge >= 0.3 is 0 Å². The lowest BCUT2D eigenvalue weighted by Crippen LogP contribution is -2.37. The van der Waals surface area contributed by atoms with Crippen molar-refractivity contribution in [3.05, 3.63) is 30.5 Å². The van der Waals surface area contributed by atoms with Crippen molar-refractivity contribution >= 4 is 41.4 Å². The maximum Gasteiger partial charge on any atom is 0.121 e. The third-order valence-corrected chi connectivity index (χ3v) is 4.89. The van der Waals surface area contributed by atoms with Gasteiger partial charge in [-0.25, -0.2) is 0 Å². The van der Waals surface area contributed by atoms with Crippen LogP contribution in [0, 0.1) is 0 Å². The van der Waals surface area contributed by atoms with Gasteiger partial charge in [-0.05, 0) is 38.4 Å². The highest BCUT2D eigenvalue weighted by Gasteiger charge is 2.12. The van der Waals surface area contributed by atoms with E-state index in [9.17, 15) is 0 Å². The lowest BCUT2D eigenvalue weighted by atomic mass is 10.1. The molecule has 2 aromatic rings. The Hall–Kier alpha value is -1.23. The molecule has 1 heterocycles. The number of halogens is 2. The summed E-state index contributed by atoms with van der Waals surface area (Å²) in [6, 6.07) is 8.73. The first-order valence-electron chi connectivity index (χ1n) is 9.60. The summed E-state index contributed by atoms with van der Waals surface area (Å²) >= 11 is 0. The van der Waals surface area contributed by atoms with E-state index in [4.69, 9.17) is 4.74 Å². The molecule has 0 aliphatic carbocycles. The Morgan fingerprint density at radius 2 is 1.93 bits per heavy atom. The zero-order valence-corrected chi connectivity index (χ0v) is 18.7. The van der Waals surface area contributed by atoms with Crippen LogP contribution in [-0.4, -0.2) is 42.7 Å². The van der Waals surface area contributed by atoms with Crippen LogP contribution in [0.3, 0.4) is 0 Å². The van der Waals surface area contributed by atoms with Crippen molar-refractivity contribution in [3.63, 3.8) is 0 Å². The first-order chi connectivity index (χ1) is 12.2. The quantitative estimate of drug-likeness (QED) is 0.471. The molecular formula is C21H35Cl2N3O. The topological polar surface area (TPSA) is 37.4 Å². The van der Waals surface area contributed by atoms with Crippen molar-refractivity contribution in [1.82, 2.24) is 9.88 Å². The number of ether oxygens (including phenoxy) is 1. The lowest BCUT2D eigenvalue weighted by molar-refractivity contribution is 0.207. The van der Waals surface area contributed by atoms with Crippen LogP contribution in [0.1, 0.15) is 46.5 Å². The molecule has 27 heavy (non-hydrogen) atoms. The van der Waals surface area contributed by atoms with Gasteiger partial charge in [0.2, 0.25) is 0 Å². The number of anilines is 1. The molecule has 0 aliphatic heterocycles. The van der Waals surface area contributed by atoms with Crippen LogP contribution in [0.25, 0.3) is 10.9 Å². The largest absolute Gasteiger partial charge is 0.497 e. The minimum Gasteiger partial charge on any atom is -0.497 e. The monoisotopic (exact) mass is 415 g/mol. The van der Waals surface area contributed by atoms with Gasteiger partial charge in [-0.1, -0.05) is 32.8 Å². The fraction of sp³-hybridized carbons (Fsp3) is 0.571. The number of benzene rings is 1. The molecular weight excluding hydrogens is 381 g/mol. The minimum absolute atomic E-state index is 0. The van der Waals surface area contributed by atoms with E-state index in [-0.39, 0.29) is 24.8 Å². The third kappa shape index (κ3) is 7.73. The molecule has 1 unspecified atom stereocenters. The van der Waals surface area contributed by atoms with E-state index < -0.39 is 0 Å². The van der Waals surface area contributed by atoms with Crippen LogP contribution in [-0.2, 0) is 0 Å². The van der Waals surface area contributed by atoms with E-state index in [2.05, 4.69) is 42.0 Å². The predicted octanol–water partition coefficient (Wildman–Crippen LogP) is 5.79. The summed E-state index contributed by atoms with van der Waals surface area (Å²) in [7, 11) is 1.71. The van der Waals surface area contributed by atoms with Gasteiger partial charge in [0, 0.05) is 36.8 Å². The van der Waals surface area contributed by atoms with Crippen LogP contribution in [0.15, 0.2) is 30.5 Å². The van der Waals surface area contributed by atoms with Gasteiger partial charge in [0.15, 0.2) is 0 Å². The molecule has 6 heteroatoms. The van der Waals surface area contributed by atoms with Crippen molar-refractivity contribution in [1.29, 1.82) is 0 Å². The highest BCUT2D eigenvalue weighted by molar-refractivity contribution is 5.91. The number of nitrogens with one attached hydrogen (secondary N) is 1. The number of pyridine rings is 1. The second kappa shape index (κ2) is 13.9. The molecule has 0 spiro atoms. The molecule has 0 radical (unpaired) electrons. The summed E-state index contributed by atoms with van der Waals surface area (Å²) in [6.45, 7) is 10.00. The smallest absolute Gasteiger partial charge is 0.121 e. The first-order valence-corrected chi connectivity index (χ1v) is 9.60. The Morgan fingerprint density at radius 3 is 2.59 bits per heavy atom. The average molecular weight is 416 g/mol. The molecule has 0 bridgehead atoms. The molecule has 2 rings (SSSR count). The Bertz CT molecular complexity index is 654. The van der Waals surface area contributed by atoms with Crippen molar-refractivity contribution < 1.29 is 4.74 Å². The number of rotatable bonds is 11. The number of nitrogens with zero attached hydrogens (tertiary/aromatic N) is 2. The standard InChI is InChI=1S/C21H33N3O.2ClH/c1-5-7-8-13-24(17(3)6-2)14-12-22-20-16-19(25-4)15-18-10-9-11-23-21(18)20;;/h9-11,15-17,22H,5-8,12-14H2,1-4H3;2*1H. The number of hydrogen-bond donors (Lipinski definition) is 1. The molecule has 0 aliphatic rings. The Labute approximate surface area is 176 Å². The molecule has 0 amide bonds. The van der Waals surface area contributed by atoms with Crippen LogP contribution >= 0.6 is 24.8 Å². The number of methoxy groups -OCH3 is 1. The molecule has 1 aromatic carbocycles. The summed E-state index contributed by atoms with van der Waals surface area (Å²) in [6.07, 6.45) is 6.90. The van der Waals surface area contributed by atoms with Crippen LogP contribution in [0.5, 0.6) is 5.75 Å². The highest BCUT2D eigenvalue weighted by Crippen LogP contribution is 2.27. The number of hydrogen-bond acceptors (Lipinski definition) is 4. The first kappa shape index (κ1) is 25.8. The zero-order chi connectivity index (χ0) is 18.1. The fourth-order valence-electron chi connectivity index (χ4n) is 3.13. The van der Waals surface area contributed by atoms with Gasteiger partial charge in [-0.2, -0.15) is 0 Å². The summed E-state index contributed by atoms with van der Waals surface area (Å²) in [4.78, 5) is 7.13. The molecule has 154 valence electrons. The summed E-state index contributed by atoms with van der Waals surface area (Å²) in [5.74, 6) is 0.865. The molecule has 4 nitrogen and oxygen atoms in total. The molecule has 0 saturated carbocycles. The minimum atomic E-state index is 0. The Kier molecular flexibility index (Phi) is 13.2. The van der Waals surface area contributed by atoms with Crippen molar-refractivity contribution in [2.75, 3.05) is 32.1 Å². The van der Waals surface area contributed by atoms with Gasteiger partial charge in [0.1, 0.15) is 5.75 Å². The van der Waals surface area contributed by atoms with Crippen molar-refractivity contribution in [2.24, 2.45) is 0 Å². The van der Waals surface area contributed by atoms with Crippen molar-refractivity contribution in [3.8, 4) is 5.75 Å². The highest BCUT2D eigenvalue weighted by atomic mass is 35.5. The van der Waals surface area contributed by atoms with Crippen LogP contribution in [0.4, 0.5) is 5.69 Å². The number of fused-ring (bicyclic) bond motifs is 1. The second-order valence-corrected chi connectivity index (χ2v) is 6.68. The van der Waals surface area contributed by atoms with Gasteiger partial charge < -0.3 is 10.1 Å². The van der Waals surface area contributed by atoms with E-state index >= 15 is 0 Å². The maximum absolute atomic E-state index is 5.43. The van der Waals surface area contributed by atoms with Gasteiger partial charge in [-0.3, -0.25) is 9.88 Å². The molecule has 0 fully saturated rings. The van der Waals surface area contributed by atoms with Gasteiger partial charge in [0.25, 0.3) is 0 Å². The number of aromatic nitrogens is 1. The normalized spacial score (nSPS) is 11.6. The fourth-order valence-corrected chi connectivity index (χ4v) is 3.13. The average Bonchev–Trinajstić information content (AvgIpc) is 2.65. The molecule has 0 saturated heterocycles. The third-order valence-electron chi connectivity index (χ3n) is 4.89. The van der Waals surface area contributed by atoms with E-state index in [0.717, 1.165) is 35.4 Å². The lowest BCUT2D eigenvalue weighted by Gasteiger charge is -2.28. The molecule has 1 aromatic heterocycles. The van der Waals surface area contributed by atoms with Gasteiger partial charge in [0.05, 0.1) is 18.3 Å². The summed E-state index contributed by atoms with van der Waals surface area (Å²) in [5, 5.41) is 4.68. The maximum atomic E-state index is 5.43. The number of unbranched alkanes of at least 4 members (excludes halogenated alkanes) is 2. The van der Waals surface area contributed by atoms with E-state index in [1.807, 2.05) is 24.4 Å². The van der Waals surface area contributed by atoms with E-state index in [0.29, 0.717) is 6.04 Å². The zero-order valence-electron chi connectivity index (χ0n) is 17.0. The Morgan fingerprint density at radius 1 is 1.15 bits per heavy atom. The predicted molar refractivity (Wildman–Crippen MR) is 122 cm³/mol. The summed E-state index contributed by atoms with van der Waals surface area (Å²) < 4.78 is 5.43. The second-order valence-electron chi connectivity index (χ2n) is 6.68. The van der Waals surface area contributed by atoms with E-state index in [1.165, 1.54) is 32.2 Å². The van der Waals surface area contributed by atoms with Crippen molar-refractivity contribution in [2.45, 2.75) is 52.5 Å².